The van der Waals surface area contributed by atoms with Crippen LogP contribution in [0.15, 0.2) is 34.7 Å². The van der Waals surface area contributed by atoms with Gasteiger partial charge in [0.25, 0.3) is 0 Å². The smallest absolute Gasteiger partial charge is 0.237 e. The van der Waals surface area contributed by atoms with Crippen molar-refractivity contribution >= 4 is 39.8 Å². The molecule has 1 fully saturated rings. The van der Waals surface area contributed by atoms with E-state index in [9.17, 15) is 4.79 Å². The lowest BCUT2D eigenvalue weighted by molar-refractivity contribution is -0.115. The Bertz CT molecular complexity index is 612. The molecule has 3 rings (SSSR count). The number of hydrogen-bond acceptors (Lipinski definition) is 6. The Balaban J connectivity index is 1.52. The topological polar surface area (TPSA) is 58.1 Å². The number of nitrogens with zero attached hydrogens (tertiary/aromatic N) is 3. The second kappa shape index (κ2) is 6.44. The number of thioether (sulfide) groups is 1. The van der Waals surface area contributed by atoms with Crippen LogP contribution in [0.2, 0.25) is 0 Å². The van der Waals surface area contributed by atoms with Crippen LogP contribution >= 0.6 is 23.1 Å². The third-order valence-corrected chi connectivity index (χ3v) is 5.12. The van der Waals surface area contributed by atoms with Crippen LogP contribution in [0.3, 0.4) is 0 Å². The van der Waals surface area contributed by atoms with Gasteiger partial charge in [-0.15, -0.1) is 10.2 Å². The third kappa shape index (κ3) is 3.95. The maximum Gasteiger partial charge on any atom is 0.237 e. The lowest BCUT2D eigenvalue weighted by atomic mass is 10.3. The minimum atomic E-state index is 0.0538. The van der Waals surface area contributed by atoms with E-state index in [0.717, 1.165) is 15.2 Å². The van der Waals surface area contributed by atoms with Crippen molar-refractivity contribution in [1.82, 2.24) is 10.2 Å². The van der Waals surface area contributed by atoms with E-state index in [4.69, 9.17) is 0 Å². The third-order valence-electron chi connectivity index (χ3n) is 3.15. The molecule has 2 aromatic rings. The van der Waals surface area contributed by atoms with Gasteiger partial charge in [0.2, 0.25) is 11.0 Å². The molecule has 110 valence electrons. The van der Waals surface area contributed by atoms with Crippen molar-refractivity contribution < 1.29 is 4.79 Å². The van der Waals surface area contributed by atoms with Crippen molar-refractivity contribution in [2.45, 2.75) is 23.2 Å². The Morgan fingerprint density at radius 2 is 2.14 bits per heavy atom. The summed E-state index contributed by atoms with van der Waals surface area (Å²) in [6.45, 7) is 0. The summed E-state index contributed by atoms with van der Waals surface area (Å²) in [4.78, 5) is 13.8. The summed E-state index contributed by atoms with van der Waals surface area (Å²) in [5.74, 6) is 0.418. The van der Waals surface area contributed by atoms with Gasteiger partial charge in [-0.2, -0.15) is 0 Å². The molecule has 1 N–H and O–H groups in total. The summed E-state index contributed by atoms with van der Waals surface area (Å²) in [5, 5.41) is 12.3. The first kappa shape index (κ1) is 14.3. The van der Waals surface area contributed by atoms with Crippen molar-refractivity contribution in [3.8, 4) is 0 Å². The lowest BCUT2D eigenvalue weighted by Gasteiger charge is -2.16. The van der Waals surface area contributed by atoms with Crippen LogP contribution in [0.1, 0.15) is 12.8 Å². The van der Waals surface area contributed by atoms with Crippen LogP contribution in [-0.4, -0.2) is 34.9 Å². The highest BCUT2D eigenvalue weighted by Crippen LogP contribution is 2.30. The van der Waals surface area contributed by atoms with Gasteiger partial charge in [0, 0.05) is 18.8 Å². The molecule has 0 atom stereocenters. The van der Waals surface area contributed by atoms with Crippen LogP contribution in [0, 0.1) is 0 Å². The van der Waals surface area contributed by atoms with Gasteiger partial charge in [-0.25, -0.2) is 0 Å². The zero-order valence-electron chi connectivity index (χ0n) is 11.7. The fraction of sp³-hybridized carbons (Fsp3) is 0.357. The van der Waals surface area contributed by atoms with Crippen LogP contribution in [0.5, 0.6) is 0 Å². The number of carbonyl (C=O) groups excluding carboxylic acids is 1. The summed E-state index contributed by atoms with van der Waals surface area (Å²) in [6.07, 6.45) is 2.42. The minimum Gasteiger partial charge on any atom is -0.357 e. The molecule has 0 spiro atoms. The Morgan fingerprint density at radius 1 is 1.38 bits per heavy atom. The number of benzene rings is 1. The van der Waals surface area contributed by atoms with Gasteiger partial charge in [-0.3, -0.25) is 4.79 Å². The Hall–Kier alpha value is -1.60. The fourth-order valence-corrected chi connectivity index (χ4v) is 3.49. The number of rotatable bonds is 6. The normalized spacial score (nSPS) is 14.0. The van der Waals surface area contributed by atoms with Crippen molar-refractivity contribution in [2.75, 3.05) is 23.0 Å². The molecule has 0 aliphatic heterocycles. The number of anilines is 2. The van der Waals surface area contributed by atoms with Gasteiger partial charge < -0.3 is 10.2 Å². The van der Waals surface area contributed by atoms with E-state index in [1.807, 2.05) is 30.3 Å². The van der Waals surface area contributed by atoms with Gasteiger partial charge in [-0.05, 0) is 25.0 Å². The first-order chi connectivity index (χ1) is 10.2. The highest BCUT2D eigenvalue weighted by molar-refractivity contribution is 8.01. The van der Waals surface area contributed by atoms with E-state index >= 15 is 0 Å². The Kier molecular flexibility index (Phi) is 4.40. The second-order valence-electron chi connectivity index (χ2n) is 4.87. The number of aromatic nitrogens is 2. The van der Waals surface area contributed by atoms with Crippen LogP contribution in [0.25, 0.3) is 0 Å². The van der Waals surface area contributed by atoms with Crippen LogP contribution in [0.4, 0.5) is 10.8 Å². The van der Waals surface area contributed by atoms with Gasteiger partial charge in [0.15, 0.2) is 4.34 Å². The predicted molar refractivity (Wildman–Crippen MR) is 87.1 cm³/mol. The van der Waals surface area contributed by atoms with Crippen molar-refractivity contribution in [2.24, 2.45) is 0 Å². The monoisotopic (exact) mass is 320 g/mol. The number of hydrogen-bond donors (Lipinski definition) is 1. The van der Waals surface area contributed by atoms with Gasteiger partial charge in [0.05, 0.1) is 5.75 Å². The number of nitrogens with one attached hydrogen (secondary N) is 1. The number of carbonyl (C=O) groups is 1. The summed E-state index contributed by atoms with van der Waals surface area (Å²) < 4.78 is 0.827. The summed E-state index contributed by atoms with van der Waals surface area (Å²) >= 11 is 2.94. The average Bonchev–Trinajstić information content (AvgIpc) is 3.22. The van der Waals surface area contributed by atoms with E-state index in [1.165, 1.54) is 35.9 Å². The van der Waals surface area contributed by atoms with Gasteiger partial charge in [0.1, 0.15) is 0 Å². The summed E-state index contributed by atoms with van der Waals surface area (Å²) in [5.41, 5.74) is 0.899. The minimum absolute atomic E-state index is 0.0538. The van der Waals surface area contributed by atoms with E-state index in [0.29, 0.717) is 11.8 Å². The molecule has 0 bridgehead atoms. The molecule has 7 heteroatoms. The number of amides is 1. The lowest BCUT2D eigenvalue weighted by Crippen LogP contribution is -2.27. The highest BCUT2D eigenvalue weighted by atomic mass is 32.2. The standard InChI is InChI=1S/C14H16N4OS2/c1-18(11-5-3-2-4-6-11)12(19)9-20-14-17-16-13(21-14)15-10-7-8-10/h2-6,10H,7-9H2,1H3,(H,15,16). The van der Waals surface area contributed by atoms with Crippen LogP contribution in [-0.2, 0) is 4.79 Å². The second-order valence-corrected chi connectivity index (χ2v) is 7.07. The predicted octanol–water partition coefficient (Wildman–Crippen LogP) is 2.87. The van der Waals surface area contributed by atoms with E-state index in [1.54, 1.807) is 11.9 Å². The summed E-state index contributed by atoms with van der Waals surface area (Å²) in [6, 6.07) is 10.2. The van der Waals surface area contributed by atoms with Crippen molar-refractivity contribution in [3.05, 3.63) is 30.3 Å². The van der Waals surface area contributed by atoms with Gasteiger partial charge >= 0.3 is 0 Å². The first-order valence-corrected chi connectivity index (χ1v) is 8.57. The van der Waals surface area contributed by atoms with Gasteiger partial charge in [-0.1, -0.05) is 41.3 Å². The molecule has 5 nitrogen and oxygen atoms in total. The maximum atomic E-state index is 12.2. The molecule has 1 aromatic carbocycles. The van der Waals surface area contributed by atoms with Crippen molar-refractivity contribution in [1.29, 1.82) is 0 Å². The Morgan fingerprint density at radius 3 is 2.86 bits per heavy atom. The van der Waals surface area contributed by atoms with E-state index < -0.39 is 0 Å². The molecule has 1 amide bonds. The molecular formula is C14H16N4OS2. The fourth-order valence-electron chi connectivity index (χ4n) is 1.74. The quantitative estimate of drug-likeness (QED) is 0.829. The van der Waals surface area contributed by atoms with E-state index in [-0.39, 0.29) is 5.91 Å². The molecule has 21 heavy (non-hydrogen) atoms. The molecule has 1 heterocycles. The van der Waals surface area contributed by atoms with Crippen molar-refractivity contribution in [3.63, 3.8) is 0 Å². The zero-order chi connectivity index (χ0) is 14.7. The molecule has 1 aliphatic carbocycles. The number of para-hydroxylation sites is 1. The molecule has 0 saturated heterocycles. The molecular weight excluding hydrogens is 304 g/mol. The first-order valence-electron chi connectivity index (χ1n) is 6.77. The molecule has 1 aromatic heterocycles. The molecule has 1 saturated carbocycles. The average molecular weight is 320 g/mol. The highest BCUT2D eigenvalue weighted by Gasteiger charge is 2.22. The SMILES string of the molecule is CN(C(=O)CSc1nnc(NC2CC2)s1)c1ccccc1. The molecule has 0 radical (unpaired) electrons. The Labute approximate surface area is 131 Å². The zero-order valence-corrected chi connectivity index (χ0v) is 13.3. The largest absolute Gasteiger partial charge is 0.357 e. The maximum absolute atomic E-state index is 12.2. The van der Waals surface area contributed by atoms with Crippen LogP contribution < -0.4 is 10.2 Å². The molecule has 0 unspecified atom stereocenters. The molecule has 1 aliphatic rings. The van der Waals surface area contributed by atoms with E-state index in [2.05, 4.69) is 15.5 Å². The summed E-state index contributed by atoms with van der Waals surface area (Å²) in [7, 11) is 1.79.